The molecule has 0 aromatic heterocycles. The van der Waals surface area contributed by atoms with Crippen LogP contribution in [0.2, 0.25) is 0 Å². The fourth-order valence-corrected chi connectivity index (χ4v) is 0.531. The lowest BCUT2D eigenvalue weighted by atomic mass is 10.5. The largest absolute Gasteiger partial charge is 0.368 e. The van der Waals surface area contributed by atoms with Gasteiger partial charge in [-0.25, -0.2) is 0 Å². The van der Waals surface area contributed by atoms with Crippen LogP contribution in [-0.4, -0.2) is 10.9 Å². The molecule has 1 nitrogen and oxygen atoms in total. The standard InChI is InChI=1S/C5H8ClNS2/c1-4(6)2-3-7-5(8)9/h2H,3H2,1H3,(H2,7,8,9). The Balaban J connectivity index is 3.31. The van der Waals surface area contributed by atoms with Crippen LogP contribution in [0.1, 0.15) is 6.92 Å². The predicted octanol–water partition coefficient (Wildman–Crippen LogP) is 1.93. The van der Waals surface area contributed by atoms with Crippen molar-refractivity contribution in [2.45, 2.75) is 6.92 Å². The maximum absolute atomic E-state index is 5.51. The normalized spacial score (nSPS) is 11.2. The number of thiol groups is 1. The van der Waals surface area contributed by atoms with Crippen LogP contribution >= 0.6 is 36.4 Å². The average Bonchev–Trinajstić information content (AvgIpc) is 1.63. The zero-order chi connectivity index (χ0) is 7.28. The summed E-state index contributed by atoms with van der Waals surface area (Å²) in [5.74, 6) is 0. The van der Waals surface area contributed by atoms with Crippen molar-refractivity contribution >= 4 is 40.8 Å². The average molecular weight is 182 g/mol. The molecule has 1 N–H and O–H groups in total. The number of nitrogens with one attached hydrogen (secondary N) is 1. The van der Waals surface area contributed by atoms with E-state index in [-0.39, 0.29) is 0 Å². The van der Waals surface area contributed by atoms with Gasteiger partial charge in [-0.3, -0.25) is 0 Å². The number of hydrogen-bond donors (Lipinski definition) is 2. The molecule has 0 spiro atoms. The molecule has 0 aliphatic carbocycles. The summed E-state index contributed by atoms with van der Waals surface area (Å²) in [6.45, 7) is 2.46. The minimum absolute atomic E-state index is 0.490. The maximum atomic E-state index is 5.51. The molecule has 0 aromatic carbocycles. The summed E-state index contributed by atoms with van der Waals surface area (Å²) in [6, 6.07) is 0. The van der Waals surface area contributed by atoms with Gasteiger partial charge in [0.15, 0.2) is 0 Å². The third kappa shape index (κ3) is 8.27. The first kappa shape index (κ1) is 9.27. The Hall–Kier alpha value is 0.270. The number of rotatable bonds is 2. The van der Waals surface area contributed by atoms with Crippen LogP contribution in [0.15, 0.2) is 11.1 Å². The summed E-state index contributed by atoms with van der Waals surface area (Å²) in [5, 5.41) is 3.57. The first-order valence-corrected chi connectivity index (χ1v) is 3.65. The van der Waals surface area contributed by atoms with Crippen molar-refractivity contribution in [3.63, 3.8) is 0 Å². The van der Waals surface area contributed by atoms with Crippen LogP contribution in [0.5, 0.6) is 0 Å². The van der Waals surface area contributed by atoms with Crippen LogP contribution in [-0.2, 0) is 0 Å². The van der Waals surface area contributed by atoms with E-state index in [1.807, 2.05) is 13.0 Å². The van der Waals surface area contributed by atoms with E-state index in [0.717, 1.165) is 5.03 Å². The minimum Gasteiger partial charge on any atom is -0.368 e. The second-order valence-electron chi connectivity index (χ2n) is 1.48. The van der Waals surface area contributed by atoms with Crippen molar-refractivity contribution in [2.24, 2.45) is 0 Å². The molecule has 0 fully saturated rings. The fraction of sp³-hybridized carbons (Fsp3) is 0.400. The first-order valence-electron chi connectivity index (χ1n) is 2.42. The van der Waals surface area contributed by atoms with E-state index in [0.29, 0.717) is 10.9 Å². The molecule has 52 valence electrons. The van der Waals surface area contributed by atoms with Gasteiger partial charge in [-0.05, 0) is 6.92 Å². The second-order valence-corrected chi connectivity index (χ2v) is 3.23. The molecule has 9 heavy (non-hydrogen) atoms. The van der Waals surface area contributed by atoms with E-state index in [4.69, 9.17) is 11.6 Å². The Morgan fingerprint density at radius 2 is 2.44 bits per heavy atom. The van der Waals surface area contributed by atoms with Crippen LogP contribution in [0, 0.1) is 0 Å². The van der Waals surface area contributed by atoms with Crippen LogP contribution < -0.4 is 5.32 Å². The summed E-state index contributed by atoms with van der Waals surface area (Å²) in [6.07, 6.45) is 1.82. The maximum Gasteiger partial charge on any atom is 0.130 e. The Morgan fingerprint density at radius 1 is 1.89 bits per heavy atom. The Bertz CT molecular complexity index is 129. The zero-order valence-electron chi connectivity index (χ0n) is 5.02. The summed E-state index contributed by atoms with van der Waals surface area (Å²) < 4.78 is 0.490. The number of halogens is 1. The van der Waals surface area contributed by atoms with Crippen LogP contribution in [0.4, 0.5) is 0 Å². The molecule has 0 aliphatic rings. The highest BCUT2D eigenvalue weighted by Crippen LogP contribution is 1.95. The lowest BCUT2D eigenvalue weighted by molar-refractivity contribution is 1.07. The molecule has 0 aromatic rings. The summed E-state index contributed by atoms with van der Waals surface area (Å²) in [7, 11) is 0. The molecule has 0 heterocycles. The Kier molecular flexibility index (Phi) is 5.24. The monoisotopic (exact) mass is 181 g/mol. The number of hydrogen-bond acceptors (Lipinski definition) is 1. The molecule has 0 saturated heterocycles. The lowest BCUT2D eigenvalue weighted by Gasteiger charge is -1.95. The number of allylic oxidation sites excluding steroid dienone is 1. The molecule has 0 saturated carbocycles. The summed E-state index contributed by atoms with van der Waals surface area (Å²) in [5.41, 5.74) is 0. The van der Waals surface area contributed by atoms with Crippen LogP contribution in [0.3, 0.4) is 0 Å². The molecule has 0 rings (SSSR count). The minimum atomic E-state index is 0.490. The molecule has 0 aliphatic heterocycles. The molecule has 0 amide bonds. The highest BCUT2D eigenvalue weighted by molar-refractivity contribution is 8.11. The highest BCUT2D eigenvalue weighted by Gasteiger charge is 1.82. The molecular formula is C5H8ClNS2. The van der Waals surface area contributed by atoms with E-state index in [1.54, 1.807) is 0 Å². The molecule has 0 bridgehead atoms. The zero-order valence-corrected chi connectivity index (χ0v) is 7.48. The van der Waals surface area contributed by atoms with Crippen molar-refractivity contribution in [1.29, 1.82) is 0 Å². The number of thiocarbonyl (C=S) groups is 1. The van der Waals surface area contributed by atoms with Crippen molar-refractivity contribution < 1.29 is 0 Å². The predicted molar refractivity (Wildman–Crippen MR) is 49.2 cm³/mol. The SMILES string of the molecule is CC(Cl)=CCNC(=S)S. The van der Waals surface area contributed by atoms with Gasteiger partial charge >= 0.3 is 0 Å². The molecular weight excluding hydrogens is 174 g/mol. The van der Waals surface area contributed by atoms with E-state index in [1.165, 1.54) is 0 Å². The van der Waals surface area contributed by atoms with Gasteiger partial charge in [0.05, 0.1) is 0 Å². The van der Waals surface area contributed by atoms with E-state index < -0.39 is 0 Å². The van der Waals surface area contributed by atoms with Gasteiger partial charge in [-0.1, -0.05) is 29.9 Å². The lowest BCUT2D eigenvalue weighted by Crippen LogP contribution is -2.15. The smallest absolute Gasteiger partial charge is 0.130 e. The van der Waals surface area contributed by atoms with Gasteiger partial charge in [-0.2, -0.15) is 0 Å². The molecule has 0 radical (unpaired) electrons. The molecule has 0 unspecified atom stereocenters. The summed E-state index contributed by atoms with van der Waals surface area (Å²) >= 11 is 14.0. The third-order valence-electron chi connectivity index (χ3n) is 0.637. The topological polar surface area (TPSA) is 12.0 Å². The highest BCUT2D eigenvalue weighted by atomic mass is 35.5. The quantitative estimate of drug-likeness (QED) is 0.499. The van der Waals surface area contributed by atoms with E-state index in [2.05, 4.69) is 30.2 Å². The van der Waals surface area contributed by atoms with Gasteiger partial charge in [0, 0.05) is 11.6 Å². The first-order chi connectivity index (χ1) is 4.13. The Labute approximate surface area is 70.9 Å². The van der Waals surface area contributed by atoms with Gasteiger partial charge in [0.2, 0.25) is 0 Å². The van der Waals surface area contributed by atoms with Gasteiger partial charge in [0.25, 0.3) is 0 Å². The fourth-order valence-electron chi connectivity index (χ4n) is 0.279. The second kappa shape index (κ2) is 5.09. The van der Waals surface area contributed by atoms with Crippen molar-refractivity contribution in [2.75, 3.05) is 6.54 Å². The van der Waals surface area contributed by atoms with Gasteiger partial charge in [-0.15, -0.1) is 12.6 Å². The molecule has 0 atom stereocenters. The van der Waals surface area contributed by atoms with Crippen molar-refractivity contribution in [3.05, 3.63) is 11.1 Å². The summed E-state index contributed by atoms with van der Waals surface area (Å²) in [4.78, 5) is 0. The van der Waals surface area contributed by atoms with Crippen LogP contribution in [0.25, 0.3) is 0 Å². The van der Waals surface area contributed by atoms with Crippen molar-refractivity contribution in [1.82, 2.24) is 5.32 Å². The Morgan fingerprint density at radius 3 is 2.78 bits per heavy atom. The third-order valence-corrected chi connectivity index (χ3v) is 1.09. The molecule has 4 heteroatoms. The van der Waals surface area contributed by atoms with Gasteiger partial charge < -0.3 is 5.32 Å². The van der Waals surface area contributed by atoms with Crippen molar-refractivity contribution in [3.8, 4) is 0 Å². The van der Waals surface area contributed by atoms with E-state index in [9.17, 15) is 0 Å². The van der Waals surface area contributed by atoms with E-state index >= 15 is 0 Å². The van der Waals surface area contributed by atoms with Gasteiger partial charge in [0.1, 0.15) is 4.32 Å².